The fourth-order valence-corrected chi connectivity index (χ4v) is 2.75. The van der Waals surface area contributed by atoms with Crippen molar-refractivity contribution in [2.75, 3.05) is 27.2 Å². The Morgan fingerprint density at radius 2 is 2.16 bits per heavy atom. The summed E-state index contributed by atoms with van der Waals surface area (Å²) in [5.74, 6) is 0.394. The van der Waals surface area contributed by atoms with Crippen LogP contribution in [0.25, 0.3) is 0 Å². The Bertz CT molecular complexity index is 585. The van der Waals surface area contributed by atoms with E-state index in [0.29, 0.717) is 24.5 Å². The van der Waals surface area contributed by atoms with E-state index >= 15 is 0 Å². The van der Waals surface area contributed by atoms with Crippen molar-refractivity contribution in [3.63, 3.8) is 0 Å². The lowest BCUT2D eigenvalue weighted by Crippen LogP contribution is -2.58. The van der Waals surface area contributed by atoms with Crippen molar-refractivity contribution in [3.05, 3.63) is 23.9 Å². The third-order valence-corrected chi connectivity index (χ3v) is 4.63. The molecule has 0 spiro atoms. The Labute approximate surface area is 112 Å². The van der Waals surface area contributed by atoms with E-state index in [2.05, 4.69) is 4.98 Å². The van der Waals surface area contributed by atoms with E-state index in [-0.39, 0.29) is 6.10 Å². The highest BCUT2D eigenvalue weighted by molar-refractivity contribution is 7.86. The molecule has 0 unspecified atom stereocenters. The van der Waals surface area contributed by atoms with E-state index in [1.807, 2.05) is 6.07 Å². The molecule has 0 aromatic carbocycles. The third kappa shape index (κ3) is 2.84. The molecule has 102 valence electrons. The predicted octanol–water partition coefficient (Wildman–Crippen LogP) is -0.177. The average Bonchev–Trinajstić information content (AvgIpc) is 2.33. The van der Waals surface area contributed by atoms with Gasteiger partial charge < -0.3 is 4.74 Å². The lowest BCUT2D eigenvalue weighted by atomic mass is 10.2. The molecule has 19 heavy (non-hydrogen) atoms. The van der Waals surface area contributed by atoms with E-state index in [0.717, 1.165) is 0 Å². The summed E-state index contributed by atoms with van der Waals surface area (Å²) in [4.78, 5) is 3.97. The van der Waals surface area contributed by atoms with Gasteiger partial charge in [-0.15, -0.1) is 0 Å². The minimum absolute atomic E-state index is 0.199. The van der Waals surface area contributed by atoms with Crippen LogP contribution in [0.3, 0.4) is 0 Å². The maximum Gasteiger partial charge on any atom is 0.281 e. The first-order valence-electron chi connectivity index (χ1n) is 5.64. The van der Waals surface area contributed by atoms with E-state index in [4.69, 9.17) is 10.00 Å². The van der Waals surface area contributed by atoms with Crippen molar-refractivity contribution in [1.82, 2.24) is 13.6 Å². The molecular weight excluding hydrogens is 268 g/mol. The molecule has 0 amide bonds. The van der Waals surface area contributed by atoms with Crippen LogP contribution in [0.5, 0.6) is 5.88 Å². The van der Waals surface area contributed by atoms with E-state index < -0.39 is 10.2 Å². The highest BCUT2D eigenvalue weighted by atomic mass is 32.2. The fraction of sp³-hybridized carbons (Fsp3) is 0.455. The van der Waals surface area contributed by atoms with Crippen LogP contribution in [-0.4, -0.2) is 55.3 Å². The topological polar surface area (TPSA) is 86.5 Å². The van der Waals surface area contributed by atoms with Gasteiger partial charge in [0.1, 0.15) is 12.2 Å². The highest BCUT2D eigenvalue weighted by Gasteiger charge is 2.38. The molecule has 1 aromatic heterocycles. The van der Waals surface area contributed by atoms with Crippen LogP contribution in [0.1, 0.15) is 5.56 Å². The van der Waals surface area contributed by atoms with Crippen LogP contribution in [0.15, 0.2) is 18.3 Å². The molecule has 7 nitrogen and oxygen atoms in total. The molecule has 1 aliphatic heterocycles. The molecule has 1 fully saturated rings. The molecular formula is C11H14N4O3S. The number of hydrogen-bond donors (Lipinski definition) is 0. The maximum atomic E-state index is 11.7. The van der Waals surface area contributed by atoms with Crippen molar-refractivity contribution < 1.29 is 13.2 Å². The largest absolute Gasteiger partial charge is 0.472 e. The standard InChI is InChI=1S/C11H14N4O3S/c1-14(2)19(16,17)15-7-10(8-15)18-11-4-3-9(5-12)6-13-11/h3-4,6,10H,7-8H2,1-2H3. The number of rotatable bonds is 4. The van der Waals surface area contributed by atoms with Gasteiger partial charge in [0, 0.05) is 26.4 Å². The molecule has 0 atom stereocenters. The molecule has 1 aliphatic rings. The molecule has 8 heteroatoms. The van der Waals surface area contributed by atoms with Crippen molar-refractivity contribution in [3.8, 4) is 11.9 Å². The number of aromatic nitrogens is 1. The molecule has 2 heterocycles. The summed E-state index contributed by atoms with van der Waals surface area (Å²) in [6.45, 7) is 0.615. The van der Waals surface area contributed by atoms with E-state index in [1.165, 1.54) is 28.9 Å². The lowest BCUT2D eigenvalue weighted by molar-refractivity contribution is 0.0687. The third-order valence-electron chi connectivity index (χ3n) is 2.76. The summed E-state index contributed by atoms with van der Waals surface area (Å²) >= 11 is 0. The number of pyridine rings is 1. The summed E-state index contributed by atoms with van der Waals surface area (Å²) in [5.41, 5.74) is 0.456. The number of nitrogens with zero attached hydrogens (tertiary/aromatic N) is 4. The number of hydrogen-bond acceptors (Lipinski definition) is 5. The van der Waals surface area contributed by atoms with Gasteiger partial charge in [0.05, 0.1) is 18.7 Å². The molecule has 0 N–H and O–H groups in total. The molecule has 0 bridgehead atoms. The lowest BCUT2D eigenvalue weighted by Gasteiger charge is -2.38. The maximum absolute atomic E-state index is 11.7. The van der Waals surface area contributed by atoms with E-state index in [9.17, 15) is 8.42 Å². The Kier molecular flexibility index (Phi) is 3.71. The van der Waals surface area contributed by atoms with E-state index in [1.54, 1.807) is 12.1 Å². The van der Waals surface area contributed by atoms with Crippen LogP contribution < -0.4 is 4.74 Å². The summed E-state index contributed by atoms with van der Waals surface area (Å²) in [6, 6.07) is 5.17. The van der Waals surface area contributed by atoms with Crippen molar-refractivity contribution >= 4 is 10.2 Å². The minimum atomic E-state index is -3.35. The average molecular weight is 282 g/mol. The van der Waals surface area contributed by atoms with Gasteiger partial charge in [-0.1, -0.05) is 0 Å². The smallest absolute Gasteiger partial charge is 0.281 e. The van der Waals surface area contributed by atoms with Gasteiger partial charge in [0.25, 0.3) is 10.2 Å². The van der Waals surface area contributed by atoms with Crippen molar-refractivity contribution in [2.45, 2.75) is 6.10 Å². The molecule has 0 saturated carbocycles. The second kappa shape index (κ2) is 5.13. The van der Waals surface area contributed by atoms with Crippen LogP contribution >= 0.6 is 0 Å². The molecule has 1 saturated heterocycles. The first-order valence-corrected chi connectivity index (χ1v) is 7.03. The summed E-state index contributed by atoms with van der Waals surface area (Å²) in [6.07, 6.45) is 1.22. The van der Waals surface area contributed by atoms with Crippen molar-refractivity contribution in [2.24, 2.45) is 0 Å². The fourth-order valence-electron chi connectivity index (χ4n) is 1.58. The second-order valence-electron chi connectivity index (χ2n) is 4.34. The summed E-state index contributed by atoms with van der Waals surface area (Å²) < 4.78 is 31.5. The number of ether oxygens (including phenoxy) is 1. The van der Waals surface area contributed by atoms with Gasteiger partial charge in [0.2, 0.25) is 5.88 Å². The van der Waals surface area contributed by atoms with Crippen molar-refractivity contribution in [1.29, 1.82) is 5.26 Å². The van der Waals surface area contributed by atoms with Gasteiger partial charge in [-0.05, 0) is 6.07 Å². The zero-order valence-corrected chi connectivity index (χ0v) is 11.5. The van der Waals surface area contributed by atoms with Gasteiger partial charge >= 0.3 is 0 Å². The zero-order valence-electron chi connectivity index (χ0n) is 10.6. The van der Waals surface area contributed by atoms with Gasteiger partial charge in [-0.25, -0.2) is 4.98 Å². The van der Waals surface area contributed by atoms with Crippen LogP contribution in [-0.2, 0) is 10.2 Å². The van der Waals surface area contributed by atoms with Crippen LogP contribution in [0.4, 0.5) is 0 Å². The number of nitriles is 1. The zero-order chi connectivity index (χ0) is 14.0. The Morgan fingerprint density at radius 3 is 2.63 bits per heavy atom. The summed E-state index contributed by atoms with van der Waals surface area (Å²) in [5, 5.41) is 8.64. The second-order valence-corrected chi connectivity index (χ2v) is 6.49. The quantitative estimate of drug-likeness (QED) is 0.764. The molecule has 2 rings (SSSR count). The first-order chi connectivity index (χ1) is 8.93. The van der Waals surface area contributed by atoms with Crippen LogP contribution in [0, 0.1) is 11.3 Å². The summed E-state index contributed by atoms with van der Waals surface area (Å²) in [7, 11) is -0.369. The highest BCUT2D eigenvalue weighted by Crippen LogP contribution is 2.20. The molecule has 0 aliphatic carbocycles. The SMILES string of the molecule is CN(C)S(=O)(=O)N1CC(Oc2ccc(C#N)cn2)C1. The Balaban J connectivity index is 1.90. The Hall–Kier alpha value is -1.69. The normalized spacial score (nSPS) is 16.9. The molecule has 1 aromatic rings. The van der Waals surface area contributed by atoms with Gasteiger partial charge in [-0.3, -0.25) is 0 Å². The molecule has 0 radical (unpaired) electrons. The van der Waals surface area contributed by atoms with Crippen LogP contribution in [0.2, 0.25) is 0 Å². The van der Waals surface area contributed by atoms with Gasteiger partial charge in [0.15, 0.2) is 0 Å². The monoisotopic (exact) mass is 282 g/mol. The Morgan fingerprint density at radius 1 is 1.47 bits per heavy atom. The minimum Gasteiger partial charge on any atom is -0.472 e. The predicted molar refractivity (Wildman–Crippen MR) is 67.5 cm³/mol. The first kappa shape index (κ1) is 13.7. The van der Waals surface area contributed by atoms with Gasteiger partial charge in [-0.2, -0.15) is 22.3 Å².